The maximum absolute atomic E-state index is 13.9. The quantitative estimate of drug-likeness (QED) is 0.620. The zero-order valence-corrected chi connectivity index (χ0v) is 17.7. The molecule has 2 aromatic rings. The Balaban J connectivity index is 1.74. The van der Waals surface area contributed by atoms with Crippen molar-refractivity contribution in [3.8, 4) is 0 Å². The van der Waals surface area contributed by atoms with E-state index in [4.69, 9.17) is 4.74 Å². The Morgan fingerprint density at radius 1 is 1.33 bits per heavy atom. The molecule has 0 amide bonds. The van der Waals surface area contributed by atoms with E-state index in [9.17, 15) is 4.39 Å². The van der Waals surface area contributed by atoms with Gasteiger partial charge in [0.2, 0.25) is 0 Å². The van der Waals surface area contributed by atoms with Crippen LogP contribution in [0.4, 0.5) is 4.39 Å². The van der Waals surface area contributed by atoms with Crippen molar-refractivity contribution in [2.75, 3.05) is 26.3 Å². The summed E-state index contributed by atoms with van der Waals surface area (Å²) in [5.74, 6) is -0.0625. The Kier molecular flexibility index (Phi) is 6.34. The van der Waals surface area contributed by atoms with E-state index in [-0.39, 0.29) is 16.8 Å². The topological polar surface area (TPSA) is 25.4 Å². The van der Waals surface area contributed by atoms with Crippen LogP contribution in [-0.4, -0.2) is 36.2 Å². The number of pyridine rings is 1. The highest BCUT2D eigenvalue weighted by Gasteiger charge is 2.43. The van der Waals surface area contributed by atoms with Gasteiger partial charge in [-0.25, -0.2) is 4.39 Å². The van der Waals surface area contributed by atoms with Gasteiger partial charge in [0.25, 0.3) is 0 Å². The second-order valence-electron chi connectivity index (χ2n) is 8.30. The lowest BCUT2D eigenvalue weighted by Crippen LogP contribution is -2.42. The number of thiophene rings is 1. The first-order valence-electron chi connectivity index (χ1n) is 9.83. The number of rotatable bonds is 8. The average molecular weight is 391 g/mol. The molecule has 0 bridgehead atoms. The van der Waals surface area contributed by atoms with E-state index in [1.54, 1.807) is 5.38 Å². The normalized spacial score (nSPS) is 21.1. The third kappa shape index (κ3) is 4.58. The summed E-state index contributed by atoms with van der Waals surface area (Å²) in [5, 5.41) is 3.54. The molecule has 0 radical (unpaired) electrons. The molecule has 1 aliphatic heterocycles. The fraction of sp³-hybridized carbons (Fsp3) is 0.591. The predicted octanol–water partition coefficient (Wildman–Crippen LogP) is 5.19. The van der Waals surface area contributed by atoms with Crippen LogP contribution in [0.1, 0.15) is 50.4 Å². The van der Waals surface area contributed by atoms with Crippen LogP contribution >= 0.6 is 11.3 Å². The standard InChI is InChI=1S/C22H31FN2OS/c1-5-26-16-22(9-8-18-13-27-14-20(18)23)10-11-25(15-22)21(3,4)19-7-6-17(2)24-12-19/h6-7,12-14H,5,8-11,15-16H2,1-4H3. The van der Waals surface area contributed by atoms with Crippen LogP contribution in [0.5, 0.6) is 0 Å². The molecular formula is C22H31FN2OS. The molecule has 1 fully saturated rings. The van der Waals surface area contributed by atoms with Crippen molar-refractivity contribution in [3.63, 3.8) is 0 Å². The molecule has 0 N–H and O–H groups in total. The van der Waals surface area contributed by atoms with Crippen LogP contribution in [0.25, 0.3) is 0 Å². The third-order valence-electron chi connectivity index (χ3n) is 6.07. The minimum Gasteiger partial charge on any atom is -0.381 e. The van der Waals surface area contributed by atoms with E-state index in [1.165, 1.54) is 16.9 Å². The minimum atomic E-state index is -0.0811. The van der Waals surface area contributed by atoms with Crippen LogP contribution in [0.3, 0.4) is 0 Å². The van der Waals surface area contributed by atoms with Gasteiger partial charge in [0.1, 0.15) is 5.82 Å². The Morgan fingerprint density at radius 2 is 2.15 bits per heavy atom. The molecule has 0 aromatic carbocycles. The van der Waals surface area contributed by atoms with E-state index < -0.39 is 0 Å². The van der Waals surface area contributed by atoms with E-state index in [1.807, 2.05) is 25.4 Å². The van der Waals surface area contributed by atoms with Gasteiger partial charge >= 0.3 is 0 Å². The Morgan fingerprint density at radius 3 is 2.78 bits per heavy atom. The lowest BCUT2D eigenvalue weighted by atomic mass is 9.82. The summed E-state index contributed by atoms with van der Waals surface area (Å²) in [7, 11) is 0. The van der Waals surface area contributed by atoms with Gasteiger partial charge in [-0.2, -0.15) is 0 Å². The van der Waals surface area contributed by atoms with Gasteiger partial charge in [-0.15, -0.1) is 11.3 Å². The summed E-state index contributed by atoms with van der Waals surface area (Å²) in [6, 6.07) is 4.27. The monoisotopic (exact) mass is 390 g/mol. The first kappa shape index (κ1) is 20.4. The minimum absolute atomic E-state index is 0.0625. The summed E-state index contributed by atoms with van der Waals surface area (Å²) in [5.41, 5.74) is 3.13. The fourth-order valence-corrected chi connectivity index (χ4v) is 4.76. The van der Waals surface area contributed by atoms with Crippen molar-refractivity contribution in [1.29, 1.82) is 0 Å². The highest BCUT2D eigenvalue weighted by atomic mass is 32.1. The van der Waals surface area contributed by atoms with Gasteiger partial charge < -0.3 is 4.74 Å². The van der Waals surface area contributed by atoms with Gasteiger partial charge in [0.05, 0.1) is 6.61 Å². The van der Waals surface area contributed by atoms with E-state index in [2.05, 4.69) is 35.9 Å². The summed E-state index contributed by atoms with van der Waals surface area (Å²) in [4.78, 5) is 7.03. The van der Waals surface area contributed by atoms with Gasteiger partial charge in [-0.1, -0.05) is 6.07 Å². The van der Waals surface area contributed by atoms with Crippen molar-refractivity contribution < 1.29 is 9.13 Å². The number of likely N-dealkylation sites (tertiary alicyclic amines) is 1. The molecule has 0 saturated carbocycles. The van der Waals surface area contributed by atoms with Crippen molar-refractivity contribution in [2.24, 2.45) is 5.41 Å². The van der Waals surface area contributed by atoms with Crippen molar-refractivity contribution in [3.05, 3.63) is 51.7 Å². The van der Waals surface area contributed by atoms with E-state index in [0.717, 1.165) is 56.8 Å². The van der Waals surface area contributed by atoms with Crippen LogP contribution in [0, 0.1) is 18.2 Å². The second kappa shape index (κ2) is 8.38. The molecule has 1 aliphatic rings. The van der Waals surface area contributed by atoms with Crippen LogP contribution < -0.4 is 0 Å². The zero-order chi connectivity index (χ0) is 19.5. The zero-order valence-electron chi connectivity index (χ0n) is 16.9. The lowest BCUT2D eigenvalue weighted by Gasteiger charge is -2.38. The second-order valence-corrected chi connectivity index (χ2v) is 9.04. The molecule has 148 valence electrons. The maximum atomic E-state index is 13.9. The maximum Gasteiger partial charge on any atom is 0.137 e. The Bertz CT molecular complexity index is 743. The van der Waals surface area contributed by atoms with Crippen molar-refractivity contribution in [1.82, 2.24) is 9.88 Å². The van der Waals surface area contributed by atoms with Gasteiger partial charge in [-0.3, -0.25) is 9.88 Å². The first-order chi connectivity index (χ1) is 12.9. The highest BCUT2D eigenvalue weighted by molar-refractivity contribution is 7.08. The number of aromatic nitrogens is 1. The lowest BCUT2D eigenvalue weighted by molar-refractivity contribution is 0.0384. The smallest absolute Gasteiger partial charge is 0.137 e. The van der Waals surface area contributed by atoms with Crippen molar-refractivity contribution >= 4 is 11.3 Å². The summed E-state index contributed by atoms with van der Waals surface area (Å²) >= 11 is 1.45. The third-order valence-corrected chi connectivity index (χ3v) is 6.84. The van der Waals surface area contributed by atoms with Crippen LogP contribution in [-0.2, 0) is 16.7 Å². The van der Waals surface area contributed by atoms with E-state index in [0.29, 0.717) is 0 Å². The largest absolute Gasteiger partial charge is 0.381 e. The number of halogens is 1. The number of aryl methyl sites for hydroxylation is 2. The molecule has 0 spiro atoms. The molecule has 0 aliphatic carbocycles. The Labute approximate surface area is 166 Å². The SMILES string of the molecule is CCOCC1(CCc2cscc2F)CCN(C(C)(C)c2ccc(C)nc2)C1. The molecule has 1 saturated heterocycles. The van der Waals surface area contributed by atoms with Gasteiger partial charge in [0, 0.05) is 41.4 Å². The number of hydrogen-bond acceptors (Lipinski definition) is 4. The van der Waals surface area contributed by atoms with Crippen LogP contribution in [0.2, 0.25) is 0 Å². The highest BCUT2D eigenvalue weighted by Crippen LogP contribution is 2.41. The number of nitrogens with zero attached hydrogens (tertiary/aromatic N) is 2. The average Bonchev–Trinajstić information content (AvgIpc) is 3.26. The molecule has 1 atom stereocenters. The van der Waals surface area contributed by atoms with E-state index >= 15 is 0 Å². The fourth-order valence-electron chi connectivity index (χ4n) is 4.02. The number of hydrogen-bond donors (Lipinski definition) is 0. The molecule has 3 nitrogen and oxygen atoms in total. The molecule has 27 heavy (non-hydrogen) atoms. The Hall–Kier alpha value is -1.30. The molecule has 2 aromatic heterocycles. The molecular weight excluding hydrogens is 359 g/mol. The molecule has 5 heteroatoms. The summed E-state index contributed by atoms with van der Waals surface area (Å²) < 4.78 is 19.8. The number of ether oxygens (including phenoxy) is 1. The van der Waals surface area contributed by atoms with Gasteiger partial charge in [-0.05, 0) is 76.1 Å². The van der Waals surface area contributed by atoms with Crippen molar-refractivity contribution in [2.45, 2.75) is 52.5 Å². The molecule has 3 heterocycles. The first-order valence-corrected chi connectivity index (χ1v) is 10.8. The van der Waals surface area contributed by atoms with Gasteiger partial charge in [0.15, 0.2) is 0 Å². The summed E-state index contributed by atoms with van der Waals surface area (Å²) in [6.45, 7) is 12.1. The molecule has 1 unspecified atom stereocenters. The molecule has 3 rings (SSSR count). The predicted molar refractivity (Wildman–Crippen MR) is 110 cm³/mol. The summed E-state index contributed by atoms with van der Waals surface area (Å²) in [6.07, 6.45) is 4.82. The van der Waals surface area contributed by atoms with Crippen LogP contribution in [0.15, 0.2) is 29.1 Å².